The molecular weight excluding hydrogens is 275 g/mol. The molecule has 1 aromatic rings. The summed E-state index contributed by atoms with van der Waals surface area (Å²) in [5, 5.41) is 0. The van der Waals surface area contributed by atoms with Gasteiger partial charge in [0, 0.05) is 19.0 Å². The Morgan fingerprint density at radius 2 is 2.25 bits per heavy atom. The number of hydrogen-bond donors (Lipinski definition) is 0. The minimum atomic E-state index is -4.99. The number of alkyl halides is 3. The molecule has 0 N–H and O–H groups in total. The van der Waals surface area contributed by atoms with Gasteiger partial charge in [0.1, 0.15) is 12.1 Å². The molecule has 1 fully saturated rings. The van der Waals surface area contributed by atoms with Crippen molar-refractivity contribution in [1.29, 1.82) is 0 Å². The number of aromatic nitrogens is 1. The van der Waals surface area contributed by atoms with E-state index in [0.29, 0.717) is 0 Å². The Bertz CT molecular complexity index is 582. The Morgan fingerprint density at radius 1 is 1.55 bits per heavy atom. The van der Waals surface area contributed by atoms with Crippen molar-refractivity contribution in [3.05, 3.63) is 24.0 Å². The van der Waals surface area contributed by atoms with Crippen LogP contribution < -0.4 is 0 Å². The van der Waals surface area contributed by atoms with Crippen molar-refractivity contribution in [3.63, 3.8) is 0 Å². The quantitative estimate of drug-likeness (QED) is 0.485. The van der Waals surface area contributed by atoms with Crippen LogP contribution >= 0.6 is 0 Å². The normalized spacial score (nSPS) is 22.4. The SMILES string of the molecule is C#CC[C@@H]1C[C@H](n2cccc2C(=O)C(F)(F)F)C(=O)O1. The maximum absolute atomic E-state index is 12.5. The lowest BCUT2D eigenvalue weighted by Crippen LogP contribution is -2.27. The minimum absolute atomic E-state index is 0.149. The van der Waals surface area contributed by atoms with Gasteiger partial charge in [0.2, 0.25) is 0 Å². The third kappa shape index (κ3) is 2.54. The molecule has 0 spiro atoms. The average molecular weight is 285 g/mol. The highest BCUT2D eigenvalue weighted by Crippen LogP contribution is 2.31. The van der Waals surface area contributed by atoms with Crippen molar-refractivity contribution < 1.29 is 27.5 Å². The number of cyclic esters (lactones) is 1. The predicted octanol–water partition coefficient (Wildman–Crippen LogP) is 2.11. The molecule has 0 amide bonds. The first-order valence-corrected chi connectivity index (χ1v) is 5.77. The van der Waals surface area contributed by atoms with Gasteiger partial charge in [-0.15, -0.1) is 12.3 Å². The molecule has 0 unspecified atom stereocenters. The van der Waals surface area contributed by atoms with Gasteiger partial charge in [0.15, 0.2) is 0 Å². The maximum atomic E-state index is 12.5. The summed E-state index contributed by atoms with van der Waals surface area (Å²) < 4.78 is 43.4. The molecule has 1 aliphatic rings. The topological polar surface area (TPSA) is 48.3 Å². The van der Waals surface area contributed by atoms with Gasteiger partial charge in [-0.3, -0.25) is 4.79 Å². The third-order valence-electron chi connectivity index (χ3n) is 2.99. The fourth-order valence-corrected chi connectivity index (χ4v) is 2.12. The molecule has 0 aromatic carbocycles. The number of carbonyl (C=O) groups excluding carboxylic acids is 2. The molecule has 0 saturated carbocycles. The van der Waals surface area contributed by atoms with E-state index in [-0.39, 0.29) is 12.8 Å². The molecule has 2 heterocycles. The van der Waals surface area contributed by atoms with E-state index in [4.69, 9.17) is 11.2 Å². The number of Topliss-reactive ketones (excluding diaryl/α,β-unsaturated/α-hetero) is 1. The lowest BCUT2D eigenvalue weighted by atomic mass is 10.1. The summed E-state index contributed by atoms with van der Waals surface area (Å²) in [6, 6.07) is 1.35. The van der Waals surface area contributed by atoms with Gasteiger partial charge in [0.25, 0.3) is 5.78 Å². The van der Waals surface area contributed by atoms with Crippen molar-refractivity contribution in [2.24, 2.45) is 0 Å². The number of hydrogen-bond acceptors (Lipinski definition) is 3. The van der Waals surface area contributed by atoms with Crippen molar-refractivity contribution in [2.45, 2.75) is 31.2 Å². The highest BCUT2D eigenvalue weighted by Gasteiger charge is 2.43. The van der Waals surface area contributed by atoms with Crippen LogP contribution in [0.5, 0.6) is 0 Å². The van der Waals surface area contributed by atoms with Crippen LogP contribution in [-0.4, -0.2) is 28.6 Å². The third-order valence-corrected chi connectivity index (χ3v) is 2.99. The molecular formula is C13H10F3NO3. The van der Waals surface area contributed by atoms with Gasteiger partial charge in [-0.25, -0.2) is 4.79 Å². The molecule has 1 aliphatic heterocycles. The Morgan fingerprint density at radius 3 is 2.85 bits per heavy atom. The molecule has 2 rings (SSSR count). The lowest BCUT2D eigenvalue weighted by molar-refractivity contribution is -0.143. The van der Waals surface area contributed by atoms with E-state index in [1.807, 2.05) is 0 Å². The number of terminal acetylenes is 1. The van der Waals surface area contributed by atoms with E-state index in [1.54, 1.807) is 0 Å². The molecule has 1 saturated heterocycles. The summed E-state index contributed by atoms with van der Waals surface area (Å²) >= 11 is 0. The van der Waals surface area contributed by atoms with E-state index in [1.165, 1.54) is 12.3 Å². The van der Waals surface area contributed by atoms with Crippen LogP contribution in [0.3, 0.4) is 0 Å². The molecule has 4 nitrogen and oxygen atoms in total. The Hall–Kier alpha value is -2.23. The van der Waals surface area contributed by atoms with Gasteiger partial charge in [-0.2, -0.15) is 13.2 Å². The molecule has 2 atom stereocenters. The van der Waals surface area contributed by atoms with E-state index in [0.717, 1.165) is 10.6 Å². The number of nitrogens with zero attached hydrogens (tertiary/aromatic N) is 1. The predicted molar refractivity (Wildman–Crippen MR) is 61.8 cm³/mol. The number of carbonyl (C=O) groups is 2. The van der Waals surface area contributed by atoms with Crippen LogP contribution in [0, 0.1) is 12.3 Å². The Kier molecular flexibility index (Phi) is 3.57. The smallest absolute Gasteiger partial charge is 0.456 e. The van der Waals surface area contributed by atoms with Crippen molar-refractivity contribution in [3.8, 4) is 12.3 Å². The summed E-state index contributed by atoms with van der Waals surface area (Å²) in [7, 11) is 0. The number of ether oxygens (including phenoxy) is 1. The zero-order valence-electron chi connectivity index (χ0n) is 10.2. The van der Waals surface area contributed by atoms with Crippen LogP contribution in [-0.2, 0) is 9.53 Å². The second-order valence-corrected chi connectivity index (χ2v) is 4.35. The largest absolute Gasteiger partial charge is 0.460 e. The average Bonchev–Trinajstić information content (AvgIpc) is 2.93. The van der Waals surface area contributed by atoms with E-state index < -0.39 is 35.8 Å². The fraction of sp³-hybridized carbons (Fsp3) is 0.385. The molecule has 20 heavy (non-hydrogen) atoms. The maximum Gasteiger partial charge on any atom is 0.456 e. The zero-order valence-corrected chi connectivity index (χ0v) is 10.2. The Labute approximate surface area is 112 Å². The first kappa shape index (κ1) is 14.2. The number of ketones is 1. The summed E-state index contributed by atoms with van der Waals surface area (Å²) in [6.07, 6.45) is 1.17. The second-order valence-electron chi connectivity index (χ2n) is 4.35. The standard InChI is InChI=1S/C13H10F3NO3/c1-2-4-8-7-10(12(19)20-8)17-6-3-5-9(17)11(18)13(14,15)16/h1,3,5-6,8,10H,4,7H2/t8-,10+/m1/s1. The lowest BCUT2D eigenvalue weighted by Gasteiger charge is -2.13. The highest BCUT2D eigenvalue weighted by atomic mass is 19.4. The molecule has 0 radical (unpaired) electrons. The number of halogens is 3. The summed E-state index contributed by atoms with van der Waals surface area (Å²) in [5.41, 5.74) is -0.583. The van der Waals surface area contributed by atoms with E-state index in [2.05, 4.69) is 5.92 Å². The molecule has 0 bridgehead atoms. The van der Waals surface area contributed by atoms with Crippen LogP contribution in [0.2, 0.25) is 0 Å². The number of esters is 1. The van der Waals surface area contributed by atoms with Gasteiger partial charge in [-0.1, -0.05) is 0 Å². The zero-order chi connectivity index (χ0) is 14.9. The van der Waals surface area contributed by atoms with Crippen molar-refractivity contribution in [1.82, 2.24) is 4.57 Å². The molecule has 7 heteroatoms. The summed E-state index contributed by atoms with van der Waals surface area (Å²) in [6.45, 7) is 0. The van der Waals surface area contributed by atoms with Crippen LogP contribution in [0.15, 0.2) is 18.3 Å². The monoisotopic (exact) mass is 285 g/mol. The van der Waals surface area contributed by atoms with Crippen LogP contribution in [0.4, 0.5) is 13.2 Å². The fourth-order valence-electron chi connectivity index (χ4n) is 2.12. The van der Waals surface area contributed by atoms with Crippen molar-refractivity contribution >= 4 is 11.8 Å². The van der Waals surface area contributed by atoms with Gasteiger partial charge < -0.3 is 9.30 Å². The van der Waals surface area contributed by atoms with Crippen LogP contribution in [0.1, 0.15) is 29.4 Å². The molecule has 0 aliphatic carbocycles. The summed E-state index contributed by atoms with van der Waals surface area (Å²) in [5.74, 6) is -0.349. The minimum Gasteiger partial charge on any atom is -0.460 e. The first-order valence-electron chi connectivity index (χ1n) is 5.77. The van der Waals surface area contributed by atoms with Gasteiger partial charge in [-0.05, 0) is 12.1 Å². The van der Waals surface area contributed by atoms with Gasteiger partial charge >= 0.3 is 12.1 Å². The van der Waals surface area contributed by atoms with Crippen molar-refractivity contribution in [2.75, 3.05) is 0 Å². The highest BCUT2D eigenvalue weighted by molar-refractivity contribution is 5.99. The number of rotatable bonds is 3. The first-order chi connectivity index (χ1) is 9.34. The van der Waals surface area contributed by atoms with E-state index >= 15 is 0 Å². The summed E-state index contributed by atoms with van der Waals surface area (Å²) in [4.78, 5) is 23.0. The molecule has 1 aromatic heterocycles. The van der Waals surface area contributed by atoms with E-state index in [9.17, 15) is 22.8 Å². The van der Waals surface area contributed by atoms with Crippen LogP contribution in [0.25, 0.3) is 0 Å². The second kappa shape index (κ2) is 5.04. The van der Waals surface area contributed by atoms with Gasteiger partial charge in [0.05, 0.1) is 5.69 Å². The Balaban J connectivity index is 2.28. The molecule has 106 valence electrons.